The van der Waals surface area contributed by atoms with Crippen LogP contribution in [0.3, 0.4) is 0 Å². The van der Waals surface area contributed by atoms with Crippen LogP contribution in [0, 0.1) is 0 Å². The third-order valence-electron chi connectivity index (χ3n) is 0.512. The molecule has 0 unspecified atom stereocenters. The topological polar surface area (TPSA) is 20.2 Å². The van der Waals surface area contributed by atoms with E-state index in [1.165, 1.54) is 0.515 Å². The number of hydrogen-bond donors (Lipinski definition) is 1. The van der Waals surface area contributed by atoms with Gasteiger partial charge in [0.05, 0.1) is 0 Å². The van der Waals surface area contributed by atoms with Gasteiger partial charge in [-0.25, -0.2) is 0 Å². The fourth-order valence-electron chi connectivity index (χ4n) is 0.158. The zero-order chi connectivity index (χ0) is 4.12. The molecule has 1 nitrogen and oxygen atoms in total. The van der Waals surface area contributed by atoms with E-state index in [1.807, 2.05) is 0 Å². The summed E-state index contributed by atoms with van der Waals surface area (Å²) in [6, 6.07) is 0. The summed E-state index contributed by atoms with van der Waals surface area (Å²) in [6.07, 6.45) is 1.03. The standard InChI is InChI=1S/C3H7O.K/c1-2-3-4;/h4H,1-3H2;. The second-order valence-corrected chi connectivity index (χ2v) is 2.64. The first-order valence-corrected chi connectivity index (χ1v) is 4.23. The van der Waals surface area contributed by atoms with E-state index in [9.17, 15) is 0 Å². The number of rotatable bonds is 2. The predicted octanol–water partition coefficient (Wildman–Crippen LogP) is -0.0444. The maximum absolute atomic E-state index is 8.10. The van der Waals surface area contributed by atoms with Crippen molar-refractivity contribution in [3.8, 4) is 0 Å². The molecule has 0 aromatic carbocycles. The average molecular weight is 98.2 g/mol. The van der Waals surface area contributed by atoms with Crippen molar-refractivity contribution in [3.63, 3.8) is 0 Å². The normalized spacial score (nSPS) is 8.60. The third kappa shape index (κ3) is 5.60. The Kier molecular flexibility index (Phi) is 7.38. The molecule has 0 spiro atoms. The van der Waals surface area contributed by atoms with Gasteiger partial charge in [-0.2, -0.15) is 0 Å². The molecule has 0 saturated heterocycles. The number of aliphatic hydroxyl groups excluding tert-OH is 1. The molecular weight excluding hydrogens is 91.1 g/mol. The van der Waals surface area contributed by atoms with Crippen molar-refractivity contribution in [2.24, 2.45) is 0 Å². The molecule has 0 saturated carbocycles. The molecule has 0 aliphatic heterocycles. The second-order valence-electron chi connectivity index (χ2n) is 1.08. The molecule has 0 fully saturated rings. The summed E-state index contributed by atoms with van der Waals surface area (Å²) in [7, 11) is 0. The van der Waals surface area contributed by atoms with Crippen molar-refractivity contribution in [2.75, 3.05) is 6.61 Å². The van der Waals surface area contributed by atoms with Gasteiger partial charge < -0.3 is 0 Å². The Morgan fingerprint density at radius 1 is 1.60 bits per heavy atom. The molecule has 0 atom stereocenters. The Morgan fingerprint density at radius 3 is 2.20 bits per heavy atom. The van der Waals surface area contributed by atoms with Gasteiger partial charge in [-0.3, -0.25) is 0 Å². The zero-order valence-corrected chi connectivity index (χ0v) is 6.69. The van der Waals surface area contributed by atoms with E-state index in [0.717, 1.165) is 55.4 Å². The molecule has 0 aromatic heterocycles. The Labute approximate surface area is 66.3 Å². The molecule has 0 bridgehead atoms. The summed E-state index contributed by atoms with van der Waals surface area (Å²) < 4.78 is 1.28. The molecule has 0 amide bonds. The van der Waals surface area contributed by atoms with Gasteiger partial charge in [0.1, 0.15) is 0 Å². The summed E-state index contributed by atoms with van der Waals surface area (Å²) in [5.41, 5.74) is 0. The van der Waals surface area contributed by atoms with Gasteiger partial charge in [0.15, 0.2) is 0 Å². The van der Waals surface area contributed by atoms with Crippen molar-refractivity contribution in [2.45, 2.75) is 6.94 Å². The Balaban J connectivity index is 2.19. The van der Waals surface area contributed by atoms with Gasteiger partial charge in [-0.05, 0) is 0 Å². The van der Waals surface area contributed by atoms with Gasteiger partial charge >= 0.3 is 67.6 Å². The SMILES string of the molecule is OCC[CH2][K]. The van der Waals surface area contributed by atoms with Crippen molar-refractivity contribution >= 4 is 49.0 Å². The number of hydrogen-bond acceptors (Lipinski definition) is 1. The van der Waals surface area contributed by atoms with Gasteiger partial charge in [-0.15, -0.1) is 0 Å². The molecular formula is C3H7KO. The third-order valence-corrected chi connectivity index (χ3v) is 1.62. The molecule has 1 N–H and O–H groups in total. The van der Waals surface area contributed by atoms with Crippen LogP contribution in [-0.4, -0.2) is 60.7 Å². The fourth-order valence-corrected chi connectivity index (χ4v) is 0.652. The number of aliphatic hydroxyl groups is 1. The van der Waals surface area contributed by atoms with E-state index >= 15 is 0 Å². The maximum atomic E-state index is 8.10. The van der Waals surface area contributed by atoms with Gasteiger partial charge in [0.25, 0.3) is 0 Å². The minimum atomic E-state index is 0.391. The summed E-state index contributed by atoms with van der Waals surface area (Å²) in [4.78, 5) is 0. The van der Waals surface area contributed by atoms with Crippen LogP contribution in [-0.2, 0) is 0 Å². The molecule has 0 radical (unpaired) electrons. The fraction of sp³-hybridized carbons (Fsp3) is 1.00. The van der Waals surface area contributed by atoms with Gasteiger partial charge in [0.2, 0.25) is 0 Å². The second kappa shape index (κ2) is 5.60. The first kappa shape index (κ1) is 6.60. The van der Waals surface area contributed by atoms with Gasteiger partial charge in [-0.1, -0.05) is 0 Å². The summed E-state index contributed by atoms with van der Waals surface area (Å²) >= 11 is 0.954. The van der Waals surface area contributed by atoms with Crippen LogP contribution in [0.25, 0.3) is 0 Å². The Morgan fingerprint density at radius 2 is 2.20 bits per heavy atom. The van der Waals surface area contributed by atoms with Crippen LogP contribution in [0.1, 0.15) is 6.42 Å². The van der Waals surface area contributed by atoms with E-state index in [0.29, 0.717) is 6.61 Å². The first-order valence-electron chi connectivity index (χ1n) is 2.02. The molecule has 0 aromatic rings. The molecule has 0 heterocycles. The first-order chi connectivity index (χ1) is 2.41. The summed E-state index contributed by atoms with van der Waals surface area (Å²) in [5, 5.41) is 8.10. The predicted molar refractivity (Wildman–Crippen MR) is 22.3 cm³/mol. The van der Waals surface area contributed by atoms with Crippen molar-refractivity contribution in [3.05, 3.63) is 0 Å². The molecule has 5 heavy (non-hydrogen) atoms. The van der Waals surface area contributed by atoms with E-state index in [4.69, 9.17) is 5.11 Å². The molecule has 26 valence electrons. The summed E-state index contributed by atoms with van der Waals surface area (Å²) in [6.45, 7) is 0.391. The van der Waals surface area contributed by atoms with Crippen LogP contribution >= 0.6 is 0 Å². The van der Waals surface area contributed by atoms with E-state index < -0.39 is 0 Å². The molecule has 0 aliphatic rings. The van der Waals surface area contributed by atoms with E-state index in [-0.39, 0.29) is 0 Å². The monoisotopic (exact) mass is 98.0 g/mol. The molecule has 0 aliphatic carbocycles. The van der Waals surface area contributed by atoms with E-state index in [2.05, 4.69) is 0 Å². The quantitative estimate of drug-likeness (QED) is 0.480. The van der Waals surface area contributed by atoms with Crippen molar-refractivity contribution in [1.82, 2.24) is 0 Å². The summed E-state index contributed by atoms with van der Waals surface area (Å²) in [5.74, 6) is 0. The minimum absolute atomic E-state index is 0.391. The Hall–Kier alpha value is 1.60. The average Bonchev–Trinajstić information content (AvgIpc) is 1.41. The van der Waals surface area contributed by atoms with Gasteiger partial charge in [0, 0.05) is 0 Å². The van der Waals surface area contributed by atoms with Crippen molar-refractivity contribution in [1.29, 1.82) is 0 Å². The van der Waals surface area contributed by atoms with Crippen LogP contribution < -0.4 is 0 Å². The van der Waals surface area contributed by atoms with Crippen LogP contribution in [0.2, 0.25) is 0.515 Å². The molecule has 0 rings (SSSR count). The Bertz CT molecular complexity index is 14.4. The van der Waals surface area contributed by atoms with E-state index in [1.54, 1.807) is 0 Å². The van der Waals surface area contributed by atoms with Crippen LogP contribution in [0.5, 0.6) is 0 Å². The molecule has 2 heteroatoms. The van der Waals surface area contributed by atoms with Crippen LogP contribution in [0.4, 0.5) is 0 Å². The zero-order valence-electron chi connectivity index (χ0n) is 3.57. The van der Waals surface area contributed by atoms with Crippen LogP contribution in [0.15, 0.2) is 0 Å². The van der Waals surface area contributed by atoms with Crippen molar-refractivity contribution < 1.29 is 5.11 Å².